The molecular weight excluding hydrogens is 278 g/mol. The highest BCUT2D eigenvalue weighted by Crippen LogP contribution is 2.31. The van der Waals surface area contributed by atoms with Gasteiger partial charge in [-0.1, -0.05) is 12.1 Å². The van der Waals surface area contributed by atoms with Gasteiger partial charge in [0.1, 0.15) is 18.1 Å². The number of benzene rings is 1. The van der Waals surface area contributed by atoms with Crippen molar-refractivity contribution in [3.05, 3.63) is 53.3 Å². The summed E-state index contributed by atoms with van der Waals surface area (Å²) in [6.07, 6.45) is 0.418. The van der Waals surface area contributed by atoms with Gasteiger partial charge in [0.25, 0.3) is 12.7 Å². The van der Waals surface area contributed by atoms with E-state index in [1.165, 1.54) is 24.5 Å². The lowest BCUT2D eigenvalue weighted by atomic mass is 10.1. The zero-order valence-corrected chi connectivity index (χ0v) is 11.2. The molecule has 0 bridgehead atoms. The van der Waals surface area contributed by atoms with Gasteiger partial charge in [-0.25, -0.2) is 8.78 Å². The van der Waals surface area contributed by atoms with Crippen LogP contribution in [0.5, 0.6) is 11.5 Å². The molecule has 0 unspecified atom stereocenters. The van der Waals surface area contributed by atoms with E-state index < -0.39 is 6.43 Å². The molecule has 1 aromatic heterocycles. The number of ether oxygens (including phenoxy) is 2. The molecular formula is C15H12F2N2O2. The van der Waals surface area contributed by atoms with Crippen molar-refractivity contribution in [1.29, 1.82) is 5.26 Å². The van der Waals surface area contributed by atoms with Crippen molar-refractivity contribution in [1.82, 2.24) is 4.98 Å². The number of pyridine rings is 1. The molecule has 0 aliphatic heterocycles. The van der Waals surface area contributed by atoms with E-state index >= 15 is 0 Å². The van der Waals surface area contributed by atoms with E-state index in [-0.39, 0.29) is 23.5 Å². The lowest BCUT2D eigenvalue weighted by Crippen LogP contribution is -2.04. The molecule has 0 saturated heterocycles. The fourth-order valence-corrected chi connectivity index (χ4v) is 1.86. The van der Waals surface area contributed by atoms with E-state index in [1.54, 1.807) is 25.3 Å². The summed E-state index contributed by atoms with van der Waals surface area (Å²) in [5, 5.41) is 8.59. The summed E-state index contributed by atoms with van der Waals surface area (Å²) < 4.78 is 36.3. The molecule has 0 aliphatic carbocycles. The highest BCUT2D eigenvalue weighted by molar-refractivity contribution is 5.41. The van der Waals surface area contributed by atoms with Crippen LogP contribution in [0.3, 0.4) is 0 Å². The molecule has 0 atom stereocenters. The second-order valence-corrected chi connectivity index (χ2v) is 4.19. The van der Waals surface area contributed by atoms with Gasteiger partial charge in [0.2, 0.25) is 0 Å². The quantitative estimate of drug-likeness (QED) is 0.787. The Labute approximate surface area is 120 Å². The molecule has 0 aliphatic rings. The van der Waals surface area contributed by atoms with Crippen molar-refractivity contribution in [2.24, 2.45) is 0 Å². The molecule has 1 aromatic carbocycles. The third-order valence-corrected chi connectivity index (χ3v) is 2.89. The van der Waals surface area contributed by atoms with Crippen LogP contribution in [0.1, 0.15) is 23.2 Å². The molecule has 21 heavy (non-hydrogen) atoms. The first-order valence-corrected chi connectivity index (χ1v) is 6.13. The summed E-state index contributed by atoms with van der Waals surface area (Å²) >= 11 is 0. The van der Waals surface area contributed by atoms with E-state index in [1.807, 2.05) is 0 Å². The monoisotopic (exact) mass is 290 g/mol. The average Bonchev–Trinajstić information content (AvgIpc) is 2.47. The van der Waals surface area contributed by atoms with Crippen molar-refractivity contribution >= 4 is 0 Å². The van der Waals surface area contributed by atoms with Crippen LogP contribution in [0.2, 0.25) is 0 Å². The topological polar surface area (TPSA) is 55.1 Å². The third-order valence-electron chi connectivity index (χ3n) is 2.89. The lowest BCUT2D eigenvalue weighted by molar-refractivity contribution is 0.147. The van der Waals surface area contributed by atoms with Gasteiger partial charge in [0.05, 0.1) is 5.69 Å². The molecule has 1 heterocycles. The minimum Gasteiger partial charge on any atom is -0.487 e. The Kier molecular flexibility index (Phi) is 4.67. The number of rotatable bonds is 5. The molecule has 0 fully saturated rings. The number of aryl methyl sites for hydroxylation is 1. The van der Waals surface area contributed by atoms with Crippen molar-refractivity contribution in [3.8, 4) is 17.8 Å². The Hall–Kier alpha value is -2.68. The Morgan fingerprint density at radius 2 is 2.00 bits per heavy atom. The van der Waals surface area contributed by atoms with Crippen LogP contribution in [0.15, 0.2) is 36.5 Å². The zero-order chi connectivity index (χ0) is 15.2. The van der Waals surface area contributed by atoms with Gasteiger partial charge >= 0.3 is 0 Å². The minimum absolute atomic E-state index is 0.0665. The predicted octanol–water partition coefficient (Wildman–Crippen LogP) is 3.77. The van der Waals surface area contributed by atoms with E-state index in [0.717, 1.165) is 0 Å². The second-order valence-electron chi connectivity index (χ2n) is 4.19. The highest BCUT2D eigenvalue weighted by Gasteiger charge is 2.18. The highest BCUT2D eigenvalue weighted by atomic mass is 19.3. The molecule has 108 valence electrons. The Bertz CT molecular complexity index is 669. The molecule has 0 radical (unpaired) electrons. The molecule has 6 heteroatoms. The maximum atomic E-state index is 13.0. The first-order chi connectivity index (χ1) is 10.1. The van der Waals surface area contributed by atoms with E-state index in [4.69, 9.17) is 14.7 Å². The lowest BCUT2D eigenvalue weighted by Gasteiger charge is -2.14. The van der Waals surface area contributed by atoms with Gasteiger partial charge in [-0.05, 0) is 25.1 Å². The van der Waals surface area contributed by atoms with Crippen molar-refractivity contribution in [3.63, 3.8) is 0 Å². The van der Waals surface area contributed by atoms with Crippen molar-refractivity contribution in [2.75, 3.05) is 0 Å². The first kappa shape index (κ1) is 14.7. The van der Waals surface area contributed by atoms with Crippen LogP contribution in [0.25, 0.3) is 0 Å². The molecule has 0 saturated carbocycles. The summed E-state index contributed by atoms with van der Waals surface area (Å²) in [7, 11) is 0. The van der Waals surface area contributed by atoms with Crippen molar-refractivity contribution in [2.45, 2.75) is 20.0 Å². The van der Waals surface area contributed by atoms with E-state index in [2.05, 4.69) is 4.98 Å². The fourth-order valence-electron chi connectivity index (χ4n) is 1.86. The van der Waals surface area contributed by atoms with Crippen LogP contribution in [-0.2, 0) is 6.61 Å². The fraction of sp³-hybridized carbons (Fsp3) is 0.200. The van der Waals surface area contributed by atoms with Gasteiger partial charge in [0.15, 0.2) is 0 Å². The number of alkyl halides is 2. The summed E-state index contributed by atoms with van der Waals surface area (Å²) in [4.78, 5) is 4.05. The zero-order valence-electron chi connectivity index (χ0n) is 11.2. The summed E-state index contributed by atoms with van der Waals surface area (Å²) in [5.74, 6) is 0.557. The number of hydrogen-bond donors (Lipinski definition) is 0. The molecule has 4 nitrogen and oxygen atoms in total. The number of halogens is 2. The summed E-state index contributed by atoms with van der Waals surface area (Å²) in [5.41, 5.74) is 0.580. The number of nitrogens with zero attached hydrogens (tertiary/aromatic N) is 2. The minimum atomic E-state index is -2.68. The number of aromatic nitrogens is 1. The normalized spacial score (nSPS) is 10.2. The van der Waals surface area contributed by atoms with Gasteiger partial charge in [-0.3, -0.25) is 4.98 Å². The second kappa shape index (κ2) is 6.66. The maximum absolute atomic E-state index is 13.0. The largest absolute Gasteiger partial charge is 0.487 e. The van der Waals surface area contributed by atoms with Gasteiger partial charge in [0, 0.05) is 17.3 Å². The van der Waals surface area contributed by atoms with Gasteiger partial charge in [-0.15, -0.1) is 5.26 Å². The summed E-state index contributed by atoms with van der Waals surface area (Å²) in [6, 6.07) is 7.52. The van der Waals surface area contributed by atoms with Crippen LogP contribution in [-0.4, -0.2) is 4.98 Å². The molecule has 2 aromatic rings. The molecule has 2 rings (SSSR count). The van der Waals surface area contributed by atoms with Gasteiger partial charge in [-0.2, -0.15) is 0 Å². The third kappa shape index (κ3) is 3.45. The summed E-state index contributed by atoms with van der Waals surface area (Å²) in [6.45, 7) is 1.62. The smallest absolute Gasteiger partial charge is 0.292 e. The Morgan fingerprint density at radius 3 is 2.67 bits per heavy atom. The SMILES string of the molecule is Cc1ncccc1OCc1c(OC#N)cccc1C(F)F. The maximum Gasteiger partial charge on any atom is 0.292 e. The predicted molar refractivity (Wildman–Crippen MR) is 70.9 cm³/mol. The van der Waals surface area contributed by atoms with Crippen LogP contribution < -0.4 is 9.47 Å². The standard InChI is InChI=1S/C15H12F2N2O2/c1-10-13(6-3-7-19-10)20-8-12-11(15(16)17)4-2-5-14(12)21-9-18/h2-7,15H,8H2,1H3. The molecule has 0 spiro atoms. The molecule has 0 amide bonds. The van der Waals surface area contributed by atoms with Crippen LogP contribution in [0.4, 0.5) is 8.78 Å². The number of hydrogen-bond acceptors (Lipinski definition) is 4. The van der Waals surface area contributed by atoms with Crippen molar-refractivity contribution < 1.29 is 18.3 Å². The Morgan fingerprint density at radius 1 is 1.24 bits per heavy atom. The average molecular weight is 290 g/mol. The van der Waals surface area contributed by atoms with E-state index in [9.17, 15) is 8.78 Å². The number of nitriles is 1. The first-order valence-electron chi connectivity index (χ1n) is 6.13. The molecule has 0 N–H and O–H groups in total. The van der Waals surface area contributed by atoms with Crippen LogP contribution in [0, 0.1) is 18.4 Å². The van der Waals surface area contributed by atoms with E-state index in [0.29, 0.717) is 11.4 Å². The Balaban J connectivity index is 2.30. The van der Waals surface area contributed by atoms with Gasteiger partial charge < -0.3 is 9.47 Å². The van der Waals surface area contributed by atoms with Crippen LogP contribution >= 0.6 is 0 Å².